The minimum Gasteiger partial charge on any atom is -0.397 e. The maximum Gasteiger partial charge on any atom is 0.0895 e. The van der Waals surface area contributed by atoms with Crippen molar-refractivity contribution < 1.29 is 4.39 Å². The van der Waals surface area contributed by atoms with Gasteiger partial charge in [-0.3, -0.25) is 4.39 Å². The van der Waals surface area contributed by atoms with Crippen LogP contribution in [0, 0.1) is 0 Å². The van der Waals surface area contributed by atoms with Gasteiger partial charge in [0.1, 0.15) is 0 Å². The van der Waals surface area contributed by atoms with Gasteiger partial charge in [-0.05, 0) is 25.0 Å². The van der Waals surface area contributed by atoms with Crippen molar-refractivity contribution in [2.24, 2.45) is 0 Å². The van der Waals surface area contributed by atoms with Crippen molar-refractivity contribution in [2.45, 2.75) is 19.4 Å². The third-order valence-corrected chi connectivity index (χ3v) is 2.60. The molecule has 0 amide bonds. The molecule has 0 fully saturated rings. The summed E-state index contributed by atoms with van der Waals surface area (Å²) in [5.74, 6) is 0. The maximum absolute atomic E-state index is 12.0. The van der Waals surface area contributed by atoms with Gasteiger partial charge in [-0.2, -0.15) is 0 Å². The molecule has 0 aliphatic carbocycles. The number of alkyl halides is 1. The number of benzene rings is 1. The summed E-state index contributed by atoms with van der Waals surface area (Å²) in [6.45, 7) is 0.594. The predicted octanol–water partition coefficient (Wildman–Crippen LogP) is 2.97. The third kappa shape index (κ3) is 1.96. The molecule has 1 heterocycles. The van der Waals surface area contributed by atoms with Crippen molar-refractivity contribution in [3.05, 3.63) is 30.5 Å². The summed E-state index contributed by atoms with van der Waals surface area (Å²) in [5.41, 5.74) is 7.77. The van der Waals surface area contributed by atoms with Crippen LogP contribution in [0.2, 0.25) is 0 Å². The van der Waals surface area contributed by atoms with Gasteiger partial charge in [-0.1, -0.05) is 12.1 Å². The molecule has 0 spiro atoms. The summed E-state index contributed by atoms with van der Waals surface area (Å²) in [7, 11) is 0. The van der Waals surface area contributed by atoms with Crippen molar-refractivity contribution in [2.75, 3.05) is 12.4 Å². The first kappa shape index (κ1) is 10.0. The van der Waals surface area contributed by atoms with E-state index in [4.69, 9.17) is 5.73 Å². The molecule has 0 atom stereocenters. The zero-order chi connectivity index (χ0) is 10.7. The smallest absolute Gasteiger partial charge is 0.0895 e. The topological polar surface area (TPSA) is 30.9 Å². The van der Waals surface area contributed by atoms with E-state index in [9.17, 15) is 4.39 Å². The van der Waals surface area contributed by atoms with Gasteiger partial charge in [-0.25, -0.2) is 0 Å². The molecule has 0 unspecified atom stereocenters. The van der Waals surface area contributed by atoms with Crippen molar-refractivity contribution in [3.8, 4) is 0 Å². The molecule has 0 saturated heterocycles. The minimum absolute atomic E-state index is 0.241. The SMILES string of the molecule is Nc1cccc2ccn(CCCCF)c12. The van der Waals surface area contributed by atoms with Crippen LogP contribution in [0.3, 0.4) is 0 Å². The molecule has 2 N–H and O–H groups in total. The molecule has 0 radical (unpaired) electrons. The predicted molar refractivity (Wildman–Crippen MR) is 61.6 cm³/mol. The zero-order valence-electron chi connectivity index (χ0n) is 8.62. The Morgan fingerprint density at radius 3 is 2.87 bits per heavy atom. The molecule has 0 saturated carbocycles. The molecule has 2 rings (SSSR count). The van der Waals surface area contributed by atoms with Gasteiger partial charge in [0.25, 0.3) is 0 Å². The fourth-order valence-electron chi connectivity index (χ4n) is 1.85. The molecule has 15 heavy (non-hydrogen) atoms. The number of aromatic nitrogens is 1. The van der Waals surface area contributed by atoms with Crippen LogP contribution in [-0.2, 0) is 6.54 Å². The molecule has 2 aromatic rings. The van der Waals surface area contributed by atoms with E-state index in [0.717, 1.165) is 29.6 Å². The van der Waals surface area contributed by atoms with E-state index in [1.807, 2.05) is 30.5 Å². The van der Waals surface area contributed by atoms with E-state index in [1.54, 1.807) is 0 Å². The van der Waals surface area contributed by atoms with Gasteiger partial charge in [0, 0.05) is 18.1 Å². The Hall–Kier alpha value is -1.51. The number of nitrogens with zero attached hydrogens (tertiary/aromatic N) is 1. The second-order valence-electron chi connectivity index (χ2n) is 3.69. The summed E-state index contributed by atoms with van der Waals surface area (Å²) < 4.78 is 14.1. The van der Waals surface area contributed by atoms with Crippen molar-refractivity contribution >= 4 is 16.6 Å². The number of unbranched alkanes of at least 4 members (excludes halogenated alkanes) is 1. The lowest BCUT2D eigenvalue weighted by Crippen LogP contribution is -1.99. The van der Waals surface area contributed by atoms with Crippen LogP contribution >= 0.6 is 0 Å². The van der Waals surface area contributed by atoms with E-state index >= 15 is 0 Å². The molecule has 80 valence electrons. The maximum atomic E-state index is 12.0. The lowest BCUT2D eigenvalue weighted by molar-refractivity contribution is 0.449. The molecule has 0 aliphatic heterocycles. The van der Waals surface area contributed by atoms with E-state index in [0.29, 0.717) is 6.42 Å². The summed E-state index contributed by atoms with van der Waals surface area (Å²) >= 11 is 0. The number of anilines is 1. The van der Waals surface area contributed by atoms with E-state index < -0.39 is 0 Å². The highest BCUT2D eigenvalue weighted by atomic mass is 19.1. The number of rotatable bonds is 4. The Kier molecular flexibility index (Phi) is 2.90. The summed E-state index contributed by atoms with van der Waals surface area (Å²) in [4.78, 5) is 0. The van der Waals surface area contributed by atoms with Crippen LogP contribution in [0.25, 0.3) is 10.9 Å². The van der Waals surface area contributed by atoms with Crippen molar-refractivity contribution in [1.29, 1.82) is 0 Å². The average Bonchev–Trinajstić information content (AvgIpc) is 2.63. The molecule has 1 aromatic heterocycles. The Labute approximate surface area is 88.5 Å². The lowest BCUT2D eigenvalue weighted by Gasteiger charge is -2.06. The number of nitrogens with two attached hydrogens (primary N) is 1. The second kappa shape index (κ2) is 4.34. The highest BCUT2D eigenvalue weighted by Gasteiger charge is 2.03. The van der Waals surface area contributed by atoms with Crippen LogP contribution in [-0.4, -0.2) is 11.2 Å². The standard InChI is InChI=1S/C12H15FN2/c13-7-1-2-8-15-9-6-10-4-3-5-11(14)12(10)15/h3-6,9H,1-2,7-8,14H2. The van der Waals surface area contributed by atoms with Gasteiger partial charge in [0.15, 0.2) is 0 Å². The lowest BCUT2D eigenvalue weighted by atomic mass is 10.2. The molecule has 0 bridgehead atoms. The number of para-hydroxylation sites is 1. The van der Waals surface area contributed by atoms with Gasteiger partial charge >= 0.3 is 0 Å². The first-order chi connectivity index (χ1) is 7.33. The normalized spacial score (nSPS) is 11.0. The Balaban J connectivity index is 2.27. The van der Waals surface area contributed by atoms with Crippen LogP contribution in [0.4, 0.5) is 10.1 Å². The fourth-order valence-corrected chi connectivity index (χ4v) is 1.85. The Bertz CT molecular complexity index is 448. The van der Waals surface area contributed by atoms with Crippen molar-refractivity contribution in [3.63, 3.8) is 0 Å². The summed E-state index contributed by atoms with van der Waals surface area (Å²) in [6, 6.07) is 7.93. The first-order valence-electron chi connectivity index (χ1n) is 5.22. The van der Waals surface area contributed by atoms with E-state index in [1.165, 1.54) is 0 Å². The molecule has 2 nitrogen and oxygen atoms in total. The van der Waals surface area contributed by atoms with Gasteiger partial charge < -0.3 is 10.3 Å². The molecule has 3 heteroatoms. The van der Waals surface area contributed by atoms with Crippen LogP contribution in [0.15, 0.2) is 30.5 Å². The highest BCUT2D eigenvalue weighted by molar-refractivity contribution is 5.90. The number of nitrogen functional groups attached to an aromatic ring is 1. The number of hydrogen-bond donors (Lipinski definition) is 1. The molecule has 0 aliphatic rings. The molecular weight excluding hydrogens is 191 g/mol. The second-order valence-corrected chi connectivity index (χ2v) is 3.69. The quantitative estimate of drug-likeness (QED) is 0.605. The molecular formula is C12H15FN2. The van der Waals surface area contributed by atoms with E-state index in [-0.39, 0.29) is 6.67 Å². The number of halogens is 1. The zero-order valence-corrected chi connectivity index (χ0v) is 8.62. The van der Waals surface area contributed by atoms with Crippen molar-refractivity contribution in [1.82, 2.24) is 4.57 Å². The van der Waals surface area contributed by atoms with Gasteiger partial charge in [-0.15, -0.1) is 0 Å². The van der Waals surface area contributed by atoms with Crippen LogP contribution < -0.4 is 5.73 Å². The molecule has 1 aromatic carbocycles. The Morgan fingerprint density at radius 2 is 2.07 bits per heavy atom. The van der Waals surface area contributed by atoms with Gasteiger partial charge in [0.2, 0.25) is 0 Å². The van der Waals surface area contributed by atoms with Crippen LogP contribution in [0.1, 0.15) is 12.8 Å². The van der Waals surface area contributed by atoms with Crippen LogP contribution in [0.5, 0.6) is 0 Å². The largest absolute Gasteiger partial charge is 0.397 e. The fraction of sp³-hybridized carbons (Fsp3) is 0.333. The summed E-state index contributed by atoms with van der Waals surface area (Å²) in [6.07, 6.45) is 3.49. The first-order valence-corrected chi connectivity index (χ1v) is 5.22. The third-order valence-electron chi connectivity index (χ3n) is 2.60. The number of hydrogen-bond acceptors (Lipinski definition) is 1. The average molecular weight is 206 g/mol. The van der Waals surface area contributed by atoms with E-state index in [2.05, 4.69) is 4.57 Å². The monoisotopic (exact) mass is 206 g/mol. The summed E-state index contributed by atoms with van der Waals surface area (Å²) in [5, 5.41) is 1.15. The highest BCUT2D eigenvalue weighted by Crippen LogP contribution is 2.22. The Morgan fingerprint density at radius 1 is 1.20 bits per heavy atom. The number of aryl methyl sites for hydroxylation is 1. The van der Waals surface area contributed by atoms with Gasteiger partial charge in [0.05, 0.1) is 17.9 Å². The minimum atomic E-state index is -0.241. The number of fused-ring (bicyclic) bond motifs is 1.